The fraction of sp³-hybridized carbons (Fsp3) is 0.231. The van der Waals surface area contributed by atoms with Crippen molar-refractivity contribution in [3.05, 3.63) is 48.3 Å². The normalized spacial score (nSPS) is 13.9. The Kier molecular flexibility index (Phi) is 3.43. The lowest BCUT2D eigenvalue weighted by atomic mass is 9.93. The van der Waals surface area contributed by atoms with E-state index in [4.69, 9.17) is 5.73 Å². The number of hydrogen-bond donors (Lipinski definition) is 3. The van der Waals surface area contributed by atoms with Crippen LogP contribution in [0.2, 0.25) is 0 Å². The second-order valence-electron chi connectivity index (χ2n) is 4.27. The Labute approximate surface area is 106 Å². The van der Waals surface area contributed by atoms with Crippen LogP contribution in [0.3, 0.4) is 0 Å². The van der Waals surface area contributed by atoms with Gasteiger partial charge in [0.2, 0.25) is 0 Å². The number of nitrogens with one attached hydrogen (secondary N) is 1. The third-order valence-corrected chi connectivity index (χ3v) is 2.85. The molecule has 0 aliphatic rings. The summed E-state index contributed by atoms with van der Waals surface area (Å²) in [5, 5.41) is 12.8. The molecule has 5 nitrogen and oxygen atoms in total. The van der Waals surface area contributed by atoms with Crippen LogP contribution >= 0.6 is 0 Å². The molecule has 1 aromatic carbocycles. The second-order valence-corrected chi connectivity index (χ2v) is 4.27. The summed E-state index contributed by atoms with van der Waals surface area (Å²) in [5.74, 6) is 0.783. The molecule has 1 atom stereocenters. The first kappa shape index (κ1) is 12.3. The van der Waals surface area contributed by atoms with Crippen molar-refractivity contribution in [3.8, 4) is 0 Å². The zero-order chi connectivity index (χ0) is 13.0. The van der Waals surface area contributed by atoms with Gasteiger partial charge in [0.25, 0.3) is 0 Å². The van der Waals surface area contributed by atoms with Gasteiger partial charge in [-0.2, -0.15) is 0 Å². The van der Waals surface area contributed by atoms with Crippen LogP contribution in [-0.4, -0.2) is 21.7 Å². The van der Waals surface area contributed by atoms with Crippen molar-refractivity contribution in [2.75, 3.05) is 17.7 Å². The molecule has 0 radical (unpaired) electrons. The van der Waals surface area contributed by atoms with Crippen molar-refractivity contribution in [1.82, 2.24) is 9.97 Å². The Bertz CT molecular complexity index is 517. The molecular formula is C13H16N4O. The molecule has 0 aliphatic carbocycles. The number of benzene rings is 1. The molecule has 94 valence electrons. The fourth-order valence-electron chi connectivity index (χ4n) is 1.72. The zero-order valence-electron chi connectivity index (χ0n) is 10.2. The van der Waals surface area contributed by atoms with Gasteiger partial charge in [-0.25, -0.2) is 9.97 Å². The van der Waals surface area contributed by atoms with Crippen LogP contribution in [-0.2, 0) is 5.54 Å². The van der Waals surface area contributed by atoms with Crippen LogP contribution in [0.4, 0.5) is 11.6 Å². The topological polar surface area (TPSA) is 84.1 Å². The summed E-state index contributed by atoms with van der Waals surface area (Å²) in [6.45, 7) is 1.81. The number of anilines is 2. The summed E-state index contributed by atoms with van der Waals surface area (Å²) < 4.78 is 0. The first-order chi connectivity index (χ1) is 8.65. The molecular weight excluding hydrogens is 228 g/mol. The summed E-state index contributed by atoms with van der Waals surface area (Å²) in [5.41, 5.74) is 6.05. The zero-order valence-corrected chi connectivity index (χ0v) is 10.2. The van der Waals surface area contributed by atoms with Crippen LogP contribution in [0, 0.1) is 0 Å². The Hall–Kier alpha value is -2.14. The second kappa shape index (κ2) is 5.01. The van der Waals surface area contributed by atoms with Crippen molar-refractivity contribution in [1.29, 1.82) is 0 Å². The van der Waals surface area contributed by atoms with Crippen molar-refractivity contribution in [2.45, 2.75) is 12.5 Å². The van der Waals surface area contributed by atoms with Gasteiger partial charge in [0, 0.05) is 12.4 Å². The van der Waals surface area contributed by atoms with Gasteiger partial charge in [-0.3, -0.25) is 0 Å². The average molecular weight is 244 g/mol. The maximum atomic E-state index is 9.64. The van der Waals surface area contributed by atoms with E-state index in [2.05, 4.69) is 15.3 Å². The highest BCUT2D eigenvalue weighted by Gasteiger charge is 2.26. The van der Waals surface area contributed by atoms with E-state index in [1.807, 2.05) is 37.3 Å². The Balaban J connectivity index is 2.32. The largest absolute Gasteiger partial charge is 0.394 e. The van der Waals surface area contributed by atoms with Gasteiger partial charge in [-0.15, -0.1) is 0 Å². The average Bonchev–Trinajstić information content (AvgIpc) is 2.42. The van der Waals surface area contributed by atoms with E-state index in [-0.39, 0.29) is 6.61 Å². The Morgan fingerprint density at radius 2 is 1.89 bits per heavy atom. The maximum Gasteiger partial charge on any atom is 0.169 e. The molecule has 18 heavy (non-hydrogen) atoms. The molecule has 2 rings (SSSR count). The number of aliphatic hydroxyl groups excluding tert-OH is 1. The smallest absolute Gasteiger partial charge is 0.169 e. The summed E-state index contributed by atoms with van der Waals surface area (Å²) in [7, 11) is 0. The van der Waals surface area contributed by atoms with Gasteiger partial charge in [-0.05, 0) is 12.5 Å². The number of rotatable bonds is 4. The lowest BCUT2D eigenvalue weighted by molar-refractivity contribution is 0.223. The van der Waals surface area contributed by atoms with Crippen LogP contribution < -0.4 is 11.1 Å². The van der Waals surface area contributed by atoms with Crippen molar-refractivity contribution >= 4 is 11.6 Å². The number of nitrogen functional groups attached to an aromatic ring is 1. The minimum absolute atomic E-state index is 0.0764. The minimum Gasteiger partial charge on any atom is -0.394 e. The molecule has 5 heteroatoms. The van der Waals surface area contributed by atoms with Gasteiger partial charge in [0.15, 0.2) is 11.6 Å². The standard InChI is InChI=1S/C13H16N4O/c1-13(9-18,10-5-3-2-4-6-10)17-12-11(14)15-7-8-16-12/h2-8,18H,9H2,1H3,(H2,14,15)(H,16,17). The molecule has 0 spiro atoms. The number of nitrogens with zero attached hydrogens (tertiary/aromatic N) is 2. The first-order valence-electron chi connectivity index (χ1n) is 5.67. The highest BCUT2D eigenvalue weighted by atomic mass is 16.3. The van der Waals surface area contributed by atoms with Gasteiger partial charge in [0.1, 0.15) is 0 Å². The molecule has 0 saturated heterocycles. The summed E-state index contributed by atoms with van der Waals surface area (Å²) in [6.07, 6.45) is 3.08. The fourth-order valence-corrected chi connectivity index (χ4v) is 1.72. The lowest BCUT2D eigenvalue weighted by Gasteiger charge is -2.30. The number of hydrogen-bond acceptors (Lipinski definition) is 5. The van der Waals surface area contributed by atoms with Crippen LogP contribution in [0.1, 0.15) is 12.5 Å². The summed E-state index contributed by atoms with van der Waals surface area (Å²) >= 11 is 0. The van der Waals surface area contributed by atoms with Crippen molar-refractivity contribution in [2.24, 2.45) is 0 Å². The number of aliphatic hydroxyl groups is 1. The molecule has 1 aromatic heterocycles. The molecule has 0 saturated carbocycles. The maximum absolute atomic E-state index is 9.64. The predicted molar refractivity (Wildman–Crippen MR) is 70.9 cm³/mol. The Morgan fingerprint density at radius 3 is 2.50 bits per heavy atom. The van der Waals surface area contributed by atoms with E-state index in [1.165, 1.54) is 6.20 Å². The van der Waals surface area contributed by atoms with E-state index < -0.39 is 5.54 Å². The molecule has 0 fully saturated rings. The highest BCUT2D eigenvalue weighted by molar-refractivity contribution is 5.57. The van der Waals surface area contributed by atoms with E-state index in [9.17, 15) is 5.11 Å². The SMILES string of the molecule is CC(CO)(Nc1nccnc1N)c1ccccc1. The molecule has 1 heterocycles. The van der Waals surface area contributed by atoms with Gasteiger partial charge in [0.05, 0.1) is 12.1 Å². The summed E-state index contributed by atoms with van der Waals surface area (Å²) in [6, 6.07) is 9.65. The van der Waals surface area contributed by atoms with Crippen LogP contribution in [0.15, 0.2) is 42.7 Å². The number of nitrogens with two attached hydrogens (primary N) is 1. The molecule has 4 N–H and O–H groups in total. The van der Waals surface area contributed by atoms with Crippen molar-refractivity contribution in [3.63, 3.8) is 0 Å². The van der Waals surface area contributed by atoms with Gasteiger partial charge < -0.3 is 16.2 Å². The van der Waals surface area contributed by atoms with Gasteiger partial charge >= 0.3 is 0 Å². The molecule has 0 amide bonds. The molecule has 2 aromatic rings. The third kappa shape index (κ3) is 2.41. The quantitative estimate of drug-likeness (QED) is 0.756. The monoisotopic (exact) mass is 244 g/mol. The molecule has 0 aliphatic heterocycles. The van der Waals surface area contributed by atoms with Crippen LogP contribution in [0.25, 0.3) is 0 Å². The molecule has 1 unspecified atom stereocenters. The van der Waals surface area contributed by atoms with Crippen LogP contribution in [0.5, 0.6) is 0 Å². The Morgan fingerprint density at radius 1 is 1.22 bits per heavy atom. The summed E-state index contributed by atoms with van der Waals surface area (Å²) in [4.78, 5) is 8.09. The molecule has 0 bridgehead atoms. The van der Waals surface area contributed by atoms with E-state index in [1.54, 1.807) is 6.20 Å². The minimum atomic E-state index is -0.647. The first-order valence-corrected chi connectivity index (χ1v) is 5.67. The van der Waals surface area contributed by atoms with E-state index in [0.29, 0.717) is 11.6 Å². The predicted octanol–water partition coefficient (Wildman–Crippen LogP) is 1.38. The van der Waals surface area contributed by atoms with Gasteiger partial charge in [-0.1, -0.05) is 30.3 Å². The van der Waals surface area contributed by atoms with E-state index >= 15 is 0 Å². The third-order valence-electron chi connectivity index (χ3n) is 2.85. The number of aromatic nitrogens is 2. The highest BCUT2D eigenvalue weighted by Crippen LogP contribution is 2.26. The lowest BCUT2D eigenvalue weighted by Crippen LogP contribution is -2.36. The van der Waals surface area contributed by atoms with Crippen molar-refractivity contribution < 1.29 is 5.11 Å². The van der Waals surface area contributed by atoms with E-state index in [0.717, 1.165) is 5.56 Å².